The molecule has 0 radical (unpaired) electrons. The van der Waals surface area contributed by atoms with Crippen molar-refractivity contribution in [2.45, 2.75) is 0 Å². The van der Waals surface area contributed by atoms with Crippen molar-refractivity contribution in [1.82, 2.24) is 5.48 Å². The van der Waals surface area contributed by atoms with Gasteiger partial charge in [0.1, 0.15) is 11.5 Å². The molecule has 2 rings (SSSR count). The number of para-hydroxylation sites is 1. The van der Waals surface area contributed by atoms with E-state index >= 15 is 0 Å². The summed E-state index contributed by atoms with van der Waals surface area (Å²) in [6.07, 6.45) is 0. The molecule has 1 amide bonds. The van der Waals surface area contributed by atoms with Crippen LogP contribution in [0.15, 0.2) is 54.6 Å². The zero-order chi connectivity index (χ0) is 15.1. The van der Waals surface area contributed by atoms with Gasteiger partial charge in [0, 0.05) is 5.56 Å². The van der Waals surface area contributed by atoms with Gasteiger partial charge >= 0.3 is 5.97 Å². The van der Waals surface area contributed by atoms with E-state index < -0.39 is 18.5 Å². The Bertz CT molecular complexity index is 610. The highest BCUT2D eigenvalue weighted by molar-refractivity contribution is 5.93. The van der Waals surface area contributed by atoms with Crippen LogP contribution in [-0.4, -0.2) is 23.6 Å². The van der Waals surface area contributed by atoms with Crippen LogP contribution in [0.2, 0.25) is 0 Å². The highest BCUT2D eigenvalue weighted by Gasteiger charge is 2.07. The Balaban J connectivity index is 1.92. The Labute approximate surface area is 120 Å². The lowest BCUT2D eigenvalue weighted by atomic mass is 10.2. The topological polar surface area (TPSA) is 84.9 Å². The van der Waals surface area contributed by atoms with Gasteiger partial charge in [-0.15, -0.1) is 0 Å². The zero-order valence-corrected chi connectivity index (χ0v) is 11.0. The first-order valence-electron chi connectivity index (χ1n) is 6.12. The minimum Gasteiger partial charge on any atom is -0.479 e. The van der Waals surface area contributed by atoms with E-state index in [2.05, 4.69) is 4.84 Å². The van der Waals surface area contributed by atoms with E-state index in [0.29, 0.717) is 17.1 Å². The SMILES string of the molecule is O=C(O)CONC(=O)c1ccc(Oc2ccccc2)cc1. The quantitative estimate of drug-likeness (QED) is 0.796. The van der Waals surface area contributed by atoms with Gasteiger partial charge in [0.05, 0.1) is 0 Å². The molecule has 0 aliphatic carbocycles. The zero-order valence-electron chi connectivity index (χ0n) is 11.0. The summed E-state index contributed by atoms with van der Waals surface area (Å²) in [6, 6.07) is 15.6. The summed E-state index contributed by atoms with van der Waals surface area (Å²) in [5, 5.41) is 8.38. The number of benzene rings is 2. The van der Waals surface area contributed by atoms with Crippen molar-refractivity contribution in [1.29, 1.82) is 0 Å². The first-order chi connectivity index (χ1) is 10.1. The van der Waals surface area contributed by atoms with Gasteiger partial charge in [0.25, 0.3) is 5.91 Å². The maximum absolute atomic E-state index is 11.6. The summed E-state index contributed by atoms with van der Waals surface area (Å²) in [7, 11) is 0. The molecule has 0 spiro atoms. The number of carboxylic acid groups (broad SMARTS) is 1. The molecule has 6 heteroatoms. The van der Waals surface area contributed by atoms with Crippen LogP contribution in [0.25, 0.3) is 0 Å². The lowest BCUT2D eigenvalue weighted by Crippen LogP contribution is -2.26. The second kappa shape index (κ2) is 7.06. The minimum atomic E-state index is -1.16. The molecule has 0 heterocycles. The summed E-state index contributed by atoms with van der Waals surface area (Å²) in [6.45, 7) is -0.596. The van der Waals surface area contributed by atoms with E-state index in [1.807, 2.05) is 35.8 Å². The van der Waals surface area contributed by atoms with Crippen molar-refractivity contribution < 1.29 is 24.3 Å². The first kappa shape index (κ1) is 14.5. The Morgan fingerprint density at radius 3 is 2.19 bits per heavy atom. The van der Waals surface area contributed by atoms with Crippen molar-refractivity contribution >= 4 is 11.9 Å². The van der Waals surface area contributed by atoms with Crippen LogP contribution in [0, 0.1) is 0 Å². The molecule has 2 aromatic rings. The summed E-state index contributed by atoms with van der Waals surface area (Å²) in [5.41, 5.74) is 2.37. The van der Waals surface area contributed by atoms with Gasteiger partial charge in [-0.25, -0.2) is 10.3 Å². The highest BCUT2D eigenvalue weighted by atomic mass is 16.7. The van der Waals surface area contributed by atoms with Crippen LogP contribution in [0.1, 0.15) is 10.4 Å². The van der Waals surface area contributed by atoms with Crippen LogP contribution < -0.4 is 10.2 Å². The predicted octanol–water partition coefficient (Wildman–Crippen LogP) is 2.22. The number of ether oxygens (including phenoxy) is 1. The Morgan fingerprint density at radius 2 is 1.57 bits per heavy atom. The van der Waals surface area contributed by atoms with E-state index in [0.717, 1.165) is 0 Å². The summed E-state index contributed by atoms with van der Waals surface area (Å²) in [5.74, 6) is -0.409. The molecule has 2 aromatic carbocycles. The van der Waals surface area contributed by atoms with Crippen LogP contribution in [0.3, 0.4) is 0 Å². The Hall–Kier alpha value is -2.86. The third kappa shape index (κ3) is 4.63. The molecule has 108 valence electrons. The fraction of sp³-hybridized carbons (Fsp3) is 0.0667. The normalized spacial score (nSPS) is 9.90. The number of carboxylic acids is 1. The molecule has 0 aromatic heterocycles. The smallest absolute Gasteiger partial charge is 0.332 e. The Morgan fingerprint density at radius 1 is 0.952 bits per heavy atom. The molecule has 0 unspecified atom stereocenters. The molecule has 0 atom stereocenters. The largest absolute Gasteiger partial charge is 0.479 e. The number of carbonyl (C=O) groups is 2. The predicted molar refractivity (Wildman–Crippen MR) is 74.0 cm³/mol. The van der Waals surface area contributed by atoms with Gasteiger partial charge in [0.15, 0.2) is 6.61 Å². The van der Waals surface area contributed by atoms with Gasteiger partial charge in [-0.05, 0) is 36.4 Å². The third-order valence-electron chi connectivity index (χ3n) is 2.46. The van der Waals surface area contributed by atoms with E-state index in [-0.39, 0.29) is 0 Å². The maximum atomic E-state index is 11.6. The number of hydroxylamine groups is 1. The molecule has 6 nitrogen and oxygen atoms in total. The number of hydrogen-bond acceptors (Lipinski definition) is 4. The Kier molecular flexibility index (Phi) is 4.89. The lowest BCUT2D eigenvalue weighted by molar-refractivity contribution is -0.144. The maximum Gasteiger partial charge on any atom is 0.332 e. The highest BCUT2D eigenvalue weighted by Crippen LogP contribution is 2.20. The monoisotopic (exact) mass is 287 g/mol. The molecule has 0 aliphatic heterocycles. The van der Waals surface area contributed by atoms with E-state index in [1.165, 1.54) is 0 Å². The van der Waals surface area contributed by atoms with E-state index in [9.17, 15) is 9.59 Å². The van der Waals surface area contributed by atoms with E-state index in [1.54, 1.807) is 24.3 Å². The van der Waals surface area contributed by atoms with Crippen molar-refractivity contribution in [3.05, 3.63) is 60.2 Å². The van der Waals surface area contributed by atoms with Gasteiger partial charge in [0.2, 0.25) is 0 Å². The van der Waals surface area contributed by atoms with Crippen LogP contribution >= 0.6 is 0 Å². The molecule has 0 saturated carbocycles. The number of hydrogen-bond donors (Lipinski definition) is 2. The number of aliphatic carboxylic acids is 1. The van der Waals surface area contributed by atoms with Crippen molar-refractivity contribution in [3.63, 3.8) is 0 Å². The van der Waals surface area contributed by atoms with Gasteiger partial charge in [-0.2, -0.15) is 0 Å². The number of rotatable bonds is 6. The number of amides is 1. The second-order valence-electron chi connectivity index (χ2n) is 4.05. The molecule has 0 bridgehead atoms. The average molecular weight is 287 g/mol. The molecule has 0 fully saturated rings. The fourth-order valence-corrected chi connectivity index (χ4v) is 1.52. The third-order valence-corrected chi connectivity index (χ3v) is 2.46. The van der Waals surface area contributed by atoms with Crippen LogP contribution in [-0.2, 0) is 9.63 Å². The van der Waals surface area contributed by atoms with Gasteiger partial charge in [-0.3, -0.25) is 9.63 Å². The van der Waals surface area contributed by atoms with Crippen molar-refractivity contribution in [3.8, 4) is 11.5 Å². The van der Waals surface area contributed by atoms with Crippen LogP contribution in [0.4, 0.5) is 0 Å². The molecule has 0 saturated heterocycles. The number of carbonyl (C=O) groups excluding carboxylic acids is 1. The molecular weight excluding hydrogens is 274 g/mol. The molecule has 2 N–H and O–H groups in total. The van der Waals surface area contributed by atoms with Gasteiger partial charge < -0.3 is 9.84 Å². The molecular formula is C15H13NO5. The van der Waals surface area contributed by atoms with Crippen molar-refractivity contribution in [2.75, 3.05) is 6.61 Å². The van der Waals surface area contributed by atoms with Crippen molar-refractivity contribution in [2.24, 2.45) is 0 Å². The van der Waals surface area contributed by atoms with Gasteiger partial charge in [-0.1, -0.05) is 18.2 Å². The summed E-state index contributed by atoms with van der Waals surface area (Å²) in [4.78, 5) is 26.4. The molecule has 21 heavy (non-hydrogen) atoms. The van der Waals surface area contributed by atoms with E-state index in [4.69, 9.17) is 9.84 Å². The summed E-state index contributed by atoms with van der Waals surface area (Å²) < 4.78 is 5.59. The second-order valence-corrected chi connectivity index (χ2v) is 4.05. The molecule has 0 aliphatic rings. The standard InChI is InChI=1S/C15H13NO5/c17-14(18)10-20-16-15(19)11-6-8-13(9-7-11)21-12-4-2-1-3-5-12/h1-9H,10H2,(H,16,19)(H,17,18). The van der Waals surface area contributed by atoms with Crippen LogP contribution in [0.5, 0.6) is 11.5 Å². The fourth-order valence-electron chi connectivity index (χ4n) is 1.52. The first-order valence-corrected chi connectivity index (χ1v) is 6.12. The lowest BCUT2D eigenvalue weighted by Gasteiger charge is -2.07. The average Bonchev–Trinajstić information content (AvgIpc) is 2.48. The number of nitrogens with one attached hydrogen (secondary N) is 1. The summed E-state index contributed by atoms with van der Waals surface area (Å²) >= 11 is 0. The minimum absolute atomic E-state index is 0.334.